The summed E-state index contributed by atoms with van der Waals surface area (Å²) in [6, 6.07) is 1.74. The number of nitrogens with zero attached hydrogens (tertiary/aromatic N) is 2. The van der Waals surface area contributed by atoms with Gasteiger partial charge in [-0.15, -0.1) is 0 Å². The molecule has 56 valence electrons. The van der Waals surface area contributed by atoms with Crippen molar-refractivity contribution in [3.8, 4) is 0 Å². The molecule has 0 aliphatic carbocycles. The molecule has 0 unspecified atom stereocenters. The summed E-state index contributed by atoms with van der Waals surface area (Å²) in [4.78, 5) is 3.95. The Labute approximate surface area is 68.4 Å². The number of rotatable bonds is 0. The number of aryl methyl sites for hydroxylation is 1. The van der Waals surface area contributed by atoms with E-state index in [4.69, 9.17) is 11.6 Å². The molecule has 0 atom stereocenters. The quantitative estimate of drug-likeness (QED) is 0.609. The largest absolute Gasteiger partial charge is 0.282 e. The summed E-state index contributed by atoms with van der Waals surface area (Å²) in [7, 11) is 0. The van der Waals surface area contributed by atoms with Gasteiger partial charge in [0.1, 0.15) is 5.15 Å². The minimum Gasteiger partial charge on any atom is -0.282 e. The molecular weight excluding hydrogens is 162 g/mol. The number of fused-ring (bicyclic) bond motifs is 1. The van der Waals surface area contributed by atoms with E-state index in [0.29, 0.717) is 5.15 Å². The molecule has 0 aliphatic heterocycles. The van der Waals surface area contributed by atoms with E-state index in [0.717, 1.165) is 16.6 Å². The first-order chi connectivity index (χ1) is 5.27. The monoisotopic (exact) mass is 167 g/mol. The minimum absolute atomic E-state index is 0.476. The van der Waals surface area contributed by atoms with Gasteiger partial charge in [0.15, 0.2) is 0 Å². The predicted octanol–water partition coefficient (Wildman–Crippen LogP) is 1.92. The van der Waals surface area contributed by atoms with E-state index in [2.05, 4.69) is 15.2 Å². The first kappa shape index (κ1) is 6.61. The molecule has 4 heteroatoms. The highest BCUT2D eigenvalue weighted by atomic mass is 35.5. The van der Waals surface area contributed by atoms with Crippen LogP contribution in [0.2, 0.25) is 5.15 Å². The fourth-order valence-electron chi connectivity index (χ4n) is 1.01. The van der Waals surface area contributed by atoms with E-state index < -0.39 is 0 Å². The molecule has 2 heterocycles. The van der Waals surface area contributed by atoms with E-state index in [1.165, 1.54) is 0 Å². The number of aromatic amines is 1. The molecular formula is C7H6ClN3. The van der Waals surface area contributed by atoms with Crippen LogP contribution >= 0.6 is 11.6 Å². The van der Waals surface area contributed by atoms with E-state index >= 15 is 0 Å². The third-order valence-corrected chi connectivity index (χ3v) is 1.80. The zero-order valence-corrected chi connectivity index (χ0v) is 6.68. The fourth-order valence-corrected chi connectivity index (χ4v) is 1.16. The first-order valence-electron chi connectivity index (χ1n) is 3.23. The Morgan fingerprint density at radius 3 is 3.18 bits per heavy atom. The summed E-state index contributed by atoms with van der Waals surface area (Å²) in [5.41, 5.74) is 1.88. The van der Waals surface area contributed by atoms with Gasteiger partial charge < -0.3 is 0 Å². The van der Waals surface area contributed by atoms with Crippen LogP contribution in [0, 0.1) is 6.92 Å². The third kappa shape index (κ3) is 0.973. The van der Waals surface area contributed by atoms with Gasteiger partial charge >= 0.3 is 0 Å². The highest BCUT2D eigenvalue weighted by molar-refractivity contribution is 6.30. The molecule has 2 rings (SSSR count). The van der Waals surface area contributed by atoms with Crippen molar-refractivity contribution in [1.82, 2.24) is 15.2 Å². The number of nitrogens with one attached hydrogen (secondary N) is 1. The topological polar surface area (TPSA) is 41.6 Å². The van der Waals surface area contributed by atoms with Crippen LogP contribution in [0.15, 0.2) is 12.3 Å². The highest BCUT2D eigenvalue weighted by Gasteiger charge is 2.00. The summed E-state index contributed by atoms with van der Waals surface area (Å²) in [6.45, 7) is 1.95. The van der Waals surface area contributed by atoms with Crippen LogP contribution in [-0.4, -0.2) is 15.2 Å². The summed E-state index contributed by atoms with van der Waals surface area (Å²) in [5, 5.41) is 8.38. The molecule has 0 saturated carbocycles. The van der Waals surface area contributed by atoms with E-state index in [1.807, 2.05) is 6.92 Å². The van der Waals surface area contributed by atoms with Crippen molar-refractivity contribution < 1.29 is 0 Å². The maximum atomic E-state index is 5.66. The number of H-pyrrole nitrogens is 1. The normalized spacial score (nSPS) is 10.7. The number of halogens is 1. The maximum Gasteiger partial charge on any atom is 0.131 e. The van der Waals surface area contributed by atoms with Gasteiger partial charge in [-0.3, -0.25) is 5.10 Å². The molecule has 0 spiro atoms. The Kier molecular flexibility index (Phi) is 1.32. The Morgan fingerprint density at radius 2 is 2.36 bits per heavy atom. The second-order valence-electron chi connectivity index (χ2n) is 2.37. The molecule has 0 amide bonds. The third-order valence-electron chi connectivity index (χ3n) is 1.60. The van der Waals surface area contributed by atoms with Gasteiger partial charge in [-0.25, -0.2) is 4.98 Å². The van der Waals surface area contributed by atoms with Crippen LogP contribution < -0.4 is 0 Å². The average Bonchev–Trinajstić information content (AvgIpc) is 2.32. The molecule has 0 radical (unpaired) electrons. The lowest BCUT2D eigenvalue weighted by molar-refractivity contribution is 1.07. The Bertz CT molecular complexity index is 393. The molecule has 2 aromatic rings. The van der Waals surface area contributed by atoms with Crippen molar-refractivity contribution in [3.05, 3.63) is 23.1 Å². The van der Waals surface area contributed by atoms with Gasteiger partial charge in [0.05, 0.1) is 5.52 Å². The molecule has 2 aromatic heterocycles. The number of hydrogen-bond donors (Lipinski definition) is 1. The van der Waals surface area contributed by atoms with Gasteiger partial charge in [-0.1, -0.05) is 11.6 Å². The lowest BCUT2D eigenvalue weighted by atomic mass is 10.3. The second-order valence-corrected chi connectivity index (χ2v) is 2.76. The molecule has 0 fully saturated rings. The van der Waals surface area contributed by atoms with Crippen molar-refractivity contribution in [2.75, 3.05) is 0 Å². The maximum absolute atomic E-state index is 5.66. The Balaban J connectivity index is 2.86. The van der Waals surface area contributed by atoms with Crippen molar-refractivity contribution in [2.45, 2.75) is 6.92 Å². The molecule has 0 aliphatic rings. The predicted molar refractivity (Wildman–Crippen MR) is 43.6 cm³/mol. The zero-order chi connectivity index (χ0) is 7.84. The zero-order valence-electron chi connectivity index (χ0n) is 5.93. The van der Waals surface area contributed by atoms with Gasteiger partial charge in [-0.05, 0) is 6.92 Å². The van der Waals surface area contributed by atoms with Gasteiger partial charge in [0, 0.05) is 23.3 Å². The Morgan fingerprint density at radius 1 is 1.55 bits per heavy atom. The molecule has 1 N–H and O–H groups in total. The summed E-state index contributed by atoms with van der Waals surface area (Å²) in [6.07, 6.45) is 1.72. The van der Waals surface area contributed by atoms with Gasteiger partial charge in [0.25, 0.3) is 0 Å². The van der Waals surface area contributed by atoms with Gasteiger partial charge in [-0.2, -0.15) is 5.10 Å². The minimum atomic E-state index is 0.476. The number of aromatic nitrogens is 3. The van der Waals surface area contributed by atoms with Gasteiger partial charge in [0.2, 0.25) is 0 Å². The summed E-state index contributed by atoms with van der Waals surface area (Å²) in [5.74, 6) is 0. The second kappa shape index (κ2) is 2.20. The van der Waals surface area contributed by atoms with Crippen molar-refractivity contribution in [3.63, 3.8) is 0 Å². The summed E-state index contributed by atoms with van der Waals surface area (Å²) >= 11 is 5.66. The van der Waals surface area contributed by atoms with E-state index in [9.17, 15) is 0 Å². The Hall–Kier alpha value is -1.09. The smallest absolute Gasteiger partial charge is 0.131 e. The van der Waals surface area contributed by atoms with Crippen LogP contribution in [0.1, 0.15) is 5.69 Å². The van der Waals surface area contributed by atoms with E-state index in [1.54, 1.807) is 12.3 Å². The SMILES string of the molecule is Cc1[nH]nc2cc(Cl)ncc12. The molecule has 3 nitrogen and oxygen atoms in total. The van der Waals surface area contributed by atoms with Crippen LogP contribution in [0.25, 0.3) is 10.9 Å². The van der Waals surface area contributed by atoms with Crippen LogP contribution in [-0.2, 0) is 0 Å². The van der Waals surface area contributed by atoms with Crippen LogP contribution in [0.4, 0.5) is 0 Å². The number of pyridine rings is 1. The van der Waals surface area contributed by atoms with Crippen LogP contribution in [0.3, 0.4) is 0 Å². The highest BCUT2D eigenvalue weighted by Crippen LogP contribution is 2.16. The first-order valence-corrected chi connectivity index (χ1v) is 3.61. The fraction of sp³-hybridized carbons (Fsp3) is 0.143. The molecule has 0 saturated heterocycles. The molecule has 0 bridgehead atoms. The standard InChI is InChI=1S/C7H6ClN3/c1-4-5-3-9-7(8)2-6(5)11-10-4/h2-3H,1H3,(H,10,11). The lowest BCUT2D eigenvalue weighted by Gasteiger charge is -1.88. The van der Waals surface area contributed by atoms with Crippen molar-refractivity contribution in [1.29, 1.82) is 0 Å². The number of hydrogen-bond acceptors (Lipinski definition) is 2. The van der Waals surface area contributed by atoms with Crippen LogP contribution in [0.5, 0.6) is 0 Å². The van der Waals surface area contributed by atoms with Crippen molar-refractivity contribution >= 4 is 22.5 Å². The lowest BCUT2D eigenvalue weighted by Crippen LogP contribution is -1.74. The summed E-state index contributed by atoms with van der Waals surface area (Å²) < 4.78 is 0. The average molecular weight is 168 g/mol. The molecule has 0 aromatic carbocycles. The van der Waals surface area contributed by atoms with Crippen molar-refractivity contribution in [2.24, 2.45) is 0 Å². The van der Waals surface area contributed by atoms with E-state index in [-0.39, 0.29) is 0 Å². The molecule has 11 heavy (non-hydrogen) atoms.